The molecule has 2 heterocycles. The Morgan fingerprint density at radius 3 is 2.76 bits per heavy atom. The Kier molecular flexibility index (Phi) is 3.19. The number of carboxylic acids is 1. The largest absolute Gasteiger partial charge is 0.481 e. The van der Waals surface area contributed by atoms with E-state index in [1.165, 1.54) is 5.56 Å². The van der Waals surface area contributed by atoms with Crippen LogP contribution in [0.1, 0.15) is 18.2 Å². The molecule has 5 heteroatoms. The van der Waals surface area contributed by atoms with E-state index < -0.39 is 5.97 Å². The first-order chi connectivity index (χ1) is 7.99. The summed E-state index contributed by atoms with van der Waals surface area (Å²) >= 11 is 0. The number of aryl methyl sites for hydroxylation is 1. The maximum absolute atomic E-state index is 11.0. The van der Waals surface area contributed by atoms with Crippen LogP contribution in [0.5, 0.6) is 0 Å². The van der Waals surface area contributed by atoms with Gasteiger partial charge >= 0.3 is 5.97 Å². The summed E-state index contributed by atoms with van der Waals surface area (Å²) in [7, 11) is 1.92. The lowest BCUT2D eigenvalue weighted by atomic mass is 9.99. The first-order valence-electron chi connectivity index (χ1n) is 5.91. The van der Waals surface area contributed by atoms with Crippen molar-refractivity contribution in [2.45, 2.75) is 20.4 Å². The molecule has 0 spiro atoms. The molecule has 0 amide bonds. The Hall–Kier alpha value is -1.36. The number of hydrogen-bond acceptors (Lipinski definition) is 3. The molecule has 1 saturated heterocycles. The minimum Gasteiger partial charge on any atom is -0.481 e. The minimum atomic E-state index is -0.678. The van der Waals surface area contributed by atoms with Crippen LogP contribution >= 0.6 is 0 Å². The van der Waals surface area contributed by atoms with Crippen molar-refractivity contribution in [3.8, 4) is 0 Å². The van der Waals surface area contributed by atoms with Gasteiger partial charge in [-0.3, -0.25) is 14.4 Å². The van der Waals surface area contributed by atoms with Crippen LogP contribution in [-0.2, 0) is 18.4 Å². The van der Waals surface area contributed by atoms with Gasteiger partial charge in [-0.2, -0.15) is 5.10 Å². The molecule has 0 unspecified atom stereocenters. The standard InChI is InChI=1S/C12H19N3O2/c1-8-5-15(7-11(8)12(16)17)6-10-4-13-14(3)9(10)2/h4,8,11H,5-7H2,1-3H3,(H,16,17)/t8-,11-/m1/s1. The highest BCUT2D eigenvalue weighted by atomic mass is 16.4. The number of hydrogen-bond donors (Lipinski definition) is 1. The Bertz CT molecular complexity index is 427. The van der Waals surface area contributed by atoms with E-state index in [2.05, 4.69) is 10.00 Å². The molecule has 1 aliphatic heterocycles. The molecule has 0 aliphatic carbocycles. The fourth-order valence-corrected chi connectivity index (χ4v) is 2.46. The van der Waals surface area contributed by atoms with E-state index in [1.54, 1.807) is 0 Å². The van der Waals surface area contributed by atoms with Crippen molar-refractivity contribution < 1.29 is 9.90 Å². The van der Waals surface area contributed by atoms with Gasteiger partial charge in [-0.25, -0.2) is 0 Å². The number of nitrogens with zero attached hydrogens (tertiary/aromatic N) is 3. The van der Waals surface area contributed by atoms with E-state index in [4.69, 9.17) is 5.11 Å². The predicted molar refractivity (Wildman–Crippen MR) is 63.5 cm³/mol. The second-order valence-electron chi connectivity index (χ2n) is 4.99. The van der Waals surface area contributed by atoms with Crippen molar-refractivity contribution >= 4 is 5.97 Å². The van der Waals surface area contributed by atoms with Gasteiger partial charge in [0.25, 0.3) is 0 Å². The topological polar surface area (TPSA) is 58.4 Å². The molecule has 94 valence electrons. The molecule has 0 aromatic carbocycles. The quantitative estimate of drug-likeness (QED) is 0.848. The summed E-state index contributed by atoms with van der Waals surface area (Å²) < 4.78 is 1.85. The van der Waals surface area contributed by atoms with Gasteiger partial charge in [-0.05, 0) is 12.8 Å². The van der Waals surface area contributed by atoms with Crippen molar-refractivity contribution in [1.82, 2.24) is 14.7 Å². The molecule has 0 bridgehead atoms. The van der Waals surface area contributed by atoms with Crippen LogP contribution in [0.15, 0.2) is 6.20 Å². The molecular formula is C12H19N3O2. The first-order valence-corrected chi connectivity index (χ1v) is 5.91. The van der Waals surface area contributed by atoms with Gasteiger partial charge in [-0.15, -0.1) is 0 Å². The average molecular weight is 237 g/mol. The van der Waals surface area contributed by atoms with Crippen LogP contribution in [0.2, 0.25) is 0 Å². The van der Waals surface area contributed by atoms with Crippen molar-refractivity contribution in [2.24, 2.45) is 18.9 Å². The van der Waals surface area contributed by atoms with Crippen LogP contribution in [0, 0.1) is 18.8 Å². The molecule has 17 heavy (non-hydrogen) atoms. The minimum absolute atomic E-state index is 0.226. The molecule has 5 nitrogen and oxygen atoms in total. The third-order valence-electron chi connectivity index (χ3n) is 3.74. The van der Waals surface area contributed by atoms with Gasteiger partial charge in [-0.1, -0.05) is 6.92 Å². The molecule has 1 aliphatic rings. The SMILES string of the molecule is Cc1c(CN2C[C@@H](C)[C@H](C(=O)O)C2)cnn1C. The maximum atomic E-state index is 11.0. The number of likely N-dealkylation sites (tertiary alicyclic amines) is 1. The smallest absolute Gasteiger partial charge is 0.308 e. The fourth-order valence-electron chi connectivity index (χ4n) is 2.46. The molecule has 0 saturated carbocycles. The predicted octanol–water partition coefficient (Wildman–Crippen LogP) is 0.881. The molecular weight excluding hydrogens is 218 g/mol. The number of rotatable bonds is 3. The zero-order chi connectivity index (χ0) is 12.6. The lowest BCUT2D eigenvalue weighted by molar-refractivity contribution is -0.142. The third kappa shape index (κ3) is 2.34. The van der Waals surface area contributed by atoms with Crippen molar-refractivity contribution in [3.63, 3.8) is 0 Å². The van der Waals surface area contributed by atoms with Gasteiger partial charge < -0.3 is 5.11 Å². The summed E-state index contributed by atoms with van der Waals surface area (Å²) in [5.41, 5.74) is 2.34. The van der Waals surface area contributed by atoms with Crippen LogP contribution in [0.4, 0.5) is 0 Å². The van der Waals surface area contributed by atoms with E-state index in [0.29, 0.717) is 6.54 Å². The lowest BCUT2D eigenvalue weighted by Gasteiger charge is -2.14. The summed E-state index contributed by atoms with van der Waals surface area (Å²) in [6, 6.07) is 0. The number of carboxylic acid groups (broad SMARTS) is 1. The van der Waals surface area contributed by atoms with Gasteiger partial charge in [0.15, 0.2) is 0 Å². The lowest BCUT2D eigenvalue weighted by Crippen LogP contribution is -2.23. The van der Waals surface area contributed by atoms with Crippen molar-refractivity contribution in [1.29, 1.82) is 0 Å². The zero-order valence-corrected chi connectivity index (χ0v) is 10.6. The summed E-state index contributed by atoms with van der Waals surface area (Å²) in [6.45, 7) is 6.34. The number of carbonyl (C=O) groups is 1. The molecule has 2 rings (SSSR count). The van der Waals surface area contributed by atoms with E-state index in [-0.39, 0.29) is 11.8 Å². The Morgan fingerprint density at radius 1 is 1.59 bits per heavy atom. The highest BCUT2D eigenvalue weighted by Gasteiger charge is 2.34. The molecule has 2 atom stereocenters. The Labute approximate surface area is 101 Å². The normalized spacial score (nSPS) is 25.4. The molecule has 0 radical (unpaired) electrons. The molecule has 1 aromatic rings. The molecule has 1 fully saturated rings. The van der Waals surface area contributed by atoms with Crippen LogP contribution in [0.3, 0.4) is 0 Å². The summed E-state index contributed by atoms with van der Waals surface area (Å²) in [5, 5.41) is 13.3. The number of aliphatic carboxylic acids is 1. The summed E-state index contributed by atoms with van der Waals surface area (Å²) in [5.74, 6) is -0.681. The van der Waals surface area contributed by atoms with Gasteiger partial charge in [0.1, 0.15) is 0 Å². The van der Waals surface area contributed by atoms with E-state index in [1.807, 2.05) is 31.8 Å². The second kappa shape index (κ2) is 4.49. The Morgan fingerprint density at radius 2 is 2.29 bits per heavy atom. The number of aromatic nitrogens is 2. The van der Waals surface area contributed by atoms with Crippen LogP contribution in [0.25, 0.3) is 0 Å². The van der Waals surface area contributed by atoms with E-state index in [9.17, 15) is 4.79 Å². The van der Waals surface area contributed by atoms with Crippen molar-refractivity contribution in [3.05, 3.63) is 17.5 Å². The van der Waals surface area contributed by atoms with Gasteiger partial charge in [0.2, 0.25) is 0 Å². The maximum Gasteiger partial charge on any atom is 0.308 e. The van der Waals surface area contributed by atoms with Gasteiger partial charge in [0, 0.05) is 37.9 Å². The summed E-state index contributed by atoms with van der Waals surface area (Å²) in [6.07, 6.45) is 1.87. The molecule has 1 aromatic heterocycles. The monoisotopic (exact) mass is 237 g/mol. The molecule has 1 N–H and O–H groups in total. The Balaban J connectivity index is 2.02. The van der Waals surface area contributed by atoms with E-state index >= 15 is 0 Å². The van der Waals surface area contributed by atoms with Crippen LogP contribution in [-0.4, -0.2) is 38.8 Å². The van der Waals surface area contributed by atoms with E-state index in [0.717, 1.165) is 18.8 Å². The fraction of sp³-hybridized carbons (Fsp3) is 0.667. The van der Waals surface area contributed by atoms with Crippen LogP contribution < -0.4 is 0 Å². The second-order valence-corrected chi connectivity index (χ2v) is 4.99. The highest BCUT2D eigenvalue weighted by molar-refractivity contribution is 5.71. The highest BCUT2D eigenvalue weighted by Crippen LogP contribution is 2.25. The third-order valence-corrected chi connectivity index (χ3v) is 3.74. The zero-order valence-electron chi connectivity index (χ0n) is 10.6. The first kappa shape index (κ1) is 12.1. The average Bonchev–Trinajstić information content (AvgIpc) is 2.76. The summed E-state index contributed by atoms with van der Waals surface area (Å²) in [4.78, 5) is 13.2. The van der Waals surface area contributed by atoms with Crippen molar-refractivity contribution in [2.75, 3.05) is 13.1 Å². The van der Waals surface area contributed by atoms with Gasteiger partial charge in [0.05, 0.1) is 12.1 Å².